The summed E-state index contributed by atoms with van der Waals surface area (Å²) in [5.74, 6) is 1.41. The maximum atomic E-state index is 12.9. The second-order valence-electron chi connectivity index (χ2n) is 7.77. The summed E-state index contributed by atoms with van der Waals surface area (Å²) < 4.78 is 7.52. The van der Waals surface area contributed by atoms with E-state index >= 15 is 0 Å². The highest BCUT2D eigenvalue weighted by Gasteiger charge is 2.32. The standard InChI is InChI=1S/C23H32N4O2/c1-5-6-7-8-17(2)14-24-20-11-12-27(23(20)28)19-9-10-21(22(13-19)29-4)26-15-18(3)25-16-26/h5-6,9-10,13,15-17,20,24H,7-8,11-12,14H2,1-4H3/b6-5-. The number of anilines is 1. The van der Waals surface area contributed by atoms with E-state index in [0.717, 1.165) is 55.2 Å². The first kappa shape index (κ1) is 21.1. The second-order valence-corrected chi connectivity index (χ2v) is 7.77. The number of benzene rings is 1. The molecule has 156 valence electrons. The Morgan fingerprint density at radius 1 is 1.41 bits per heavy atom. The minimum atomic E-state index is -0.110. The van der Waals surface area contributed by atoms with E-state index in [1.165, 1.54) is 0 Å². The van der Waals surface area contributed by atoms with Crippen molar-refractivity contribution >= 4 is 11.6 Å². The average Bonchev–Trinajstić information content (AvgIpc) is 3.31. The molecule has 2 unspecified atom stereocenters. The Hall–Kier alpha value is -2.60. The summed E-state index contributed by atoms with van der Waals surface area (Å²) in [4.78, 5) is 19.1. The smallest absolute Gasteiger partial charge is 0.244 e. The van der Waals surface area contributed by atoms with Crippen LogP contribution in [0.3, 0.4) is 0 Å². The van der Waals surface area contributed by atoms with Crippen molar-refractivity contribution in [3.8, 4) is 11.4 Å². The number of carbonyl (C=O) groups excluding carboxylic acids is 1. The van der Waals surface area contributed by atoms with E-state index in [4.69, 9.17) is 4.74 Å². The molecule has 1 aromatic carbocycles. The highest BCUT2D eigenvalue weighted by molar-refractivity contribution is 5.99. The van der Waals surface area contributed by atoms with E-state index in [0.29, 0.717) is 5.92 Å². The van der Waals surface area contributed by atoms with Gasteiger partial charge in [-0.2, -0.15) is 0 Å². The fourth-order valence-electron chi connectivity index (χ4n) is 3.72. The van der Waals surface area contributed by atoms with Crippen molar-refractivity contribution in [3.63, 3.8) is 0 Å². The first-order chi connectivity index (χ1) is 14.0. The van der Waals surface area contributed by atoms with Gasteiger partial charge in [-0.15, -0.1) is 0 Å². The molecule has 29 heavy (non-hydrogen) atoms. The van der Waals surface area contributed by atoms with Crippen LogP contribution in [0.15, 0.2) is 42.9 Å². The molecule has 6 heteroatoms. The zero-order chi connectivity index (χ0) is 20.8. The van der Waals surface area contributed by atoms with Crippen LogP contribution < -0.4 is 15.0 Å². The van der Waals surface area contributed by atoms with E-state index in [1.807, 2.05) is 47.7 Å². The number of rotatable bonds is 9. The van der Waals surface area contributed by atoms with E-state index in [1.54, 1.807) is 13.4 Å². The fourth-order valence-corrected chi connectivity index (χ4v) is 3.72. The highest BCUT2D eigenvalue weighted by atomic mass is 16.5. The molecule has 2 aromatic rings. The van der Waals surface area contributed by atoms with Crippen LogP contribution in [0.2, 0.25) is 0 Å². The monoisotopic (exact) mass is 396 g/mol. The summed E-state index contributed by atoms with van der Waals surface area (Å²) in [6.07, 6.45) is 11.1. The molecule has 0 aliphatic carbocycles. The number of nitrogens with zero attached hydrogens (tertiary/aromatic N) is 3. The molecule has 1 N–H and O–H groups in total. The summed E-state index contributed by atoms with van der Waals surface area (Å²) in [7, 11) is 1.65. The molecular formula is C23H32N4O2. The number of ether oxygens (including phenoxy) is 1. The van der Waals surface area contributed by atoms with Gasteiger partial charge in [-0.3, -0.25) is 4.79 Å². The van der Waals surface area contributed by atoms with Gasteiger partial charge < -0.3 is 19.5 Å². The normalized spacial score (nSPS) is 18.0. The molecule has 0 radical (unpaired) electrons. The van der Waals surface area contributed by atoms with Gasteiger partial charge in [-0.05, 0) is 57.7 Å². The Morgan fingerprint density at radius 3 is 2.93 bits per heavy atom. The summed E-state index contributed by atoms with van der Waals surface area (Å²) in [5.41, 5.74) is 2.73. The number of carbonyl (C=O) groups is 1. The third-order valence-electron chi connectivity index (χ3n) is 5.44. The Morgan fingerprint density at radius 2 is 2.24 bits per heavy atom. The SMILES string of the molecule is C/C=C\CCC(C)CNC1CCN(c2ccc(-n3cnc(C)c3)c(OC)c2)C1=O. The predicted molar refractivity (Wildman–Crippen MR) is 117 cm³/mol. The van der Waals surface area contributed by atoms with Crippen molar-refractivity contribution in [2.45, 2.75) is 46.1 Å². The van der Waals surface area contributed by atoms with Crippen LogP contribution in [0.5, 0.6) is 5.75 Å². The van der Waals surface area contributed by atoms with Gasteiger partial charge in [-0.1, -0.05) is 19.1 Å². The fraction of sp³-hybridized carbons (Fsp3) is 0.478. The lowest BCUT2D eigenvalue weighted by molar-refractivity contribution is -0.118. The molecule has 1 amide bonds. The number of allylic oxidation sites excluding steroid dienone is 2. The number of aryl methyl sites for hydroxylation is 1. The van der Waals surface area contributed by atoms with Crippen LogP contribution in [0.25, 0.3) is 5.69 Å². The van der Waals surface area contributed by atoms with E-state index in [2.05, 4.69) is 29.4 Å². The summed E-state index contributed by atoms with van der Waals surface area (Å²) in [5, 5.41) is 3.47. The molecule has 2 heterocycles. The van der Waals surface area contributed by atoms with Crippen molar-refractivity contribution in [1.29, 1.82) is 0 Å². The number of methoxy groups -OCH3 is 1. The summed E-state index contributed by atoms with van der Waals surface area (Å²) in [6, 6.07) is 5.78. The van der Waals surface area contributed by atoms with E-state index in [9.17, 15) is 4.79 Å². The molecule has 1 aliphatic rings. The molecule has 1 aliphatic heterocycles. The van der Waals surface area contributed by atoms with Crippen molar-refractivity contribution in [3.05, 3.63) is 48.6 Å². The molecule has 0 saturated carbocycles. The van der Waals surface area contributed by atoms with Crippen molar-refractivity contribution in [2.75, 3.05) is 25.1 Å². The lowest BCUT2D eigenvalue weighted by Crippen LogP contribution is -2.40. The molecule has 2 atom stereocenters. The minimum absolute atomic E-state index is 0.110. The zero-order valence-corrected chi connectivity index (χ0v) is 17.9. The average molecular weight is 397 g/mol. The van der Waals surface area contributed by atoms with Crippen molar-refractivity contribution < 1.29 is 9.53 Å². The Balaban J connectivity index is 1.64. The van der Waals surface area contributed by atoms with Crippen molar-refractivity contribution in [1.82, 2.24) is 14.9 Å². The molecule has 0 spiro atoms. The van der Waals surface area contributed by atoms with Crippen LogP contribution in [-0.2, 0) is 4.79 Å². The number of nitrogens with one attached hydrogen (secondary N) is 1. The number of hydrogen-bond acceptors (Lipinski definition) is 4. The first-order valence-corrected chi connectivity index (χ1v) is 10.4. The van der Waals surface area contributed by atoms with Crippen LogP contribution in [0, 0.1) is 12.8 Å². The number of amides is 1. The molecule has 0 bridgehead atoms. The van der Waals surface area contributed by atoms with Crippen molar-refractivity contribution in [2.24, 2.45) is 5.92 Å². The summed E-state index contributed by atoms with van der Waals surface area (Å²) >= 11 is 0. The van der Waals surface area contributed by atoms with E-state index in [-0.39, 0.29) is 11.9 Å². The number of hydrogen-bond donors (Lipinski definition) is 1. The summed E-state index contributed by atoms with van der Waals surface area (Å²) in [6.45, 7) is 7.82. The minimum Gasteiger partial charge on any atom is -0.494 e. The third kappa shape index (κ3) is 5.07. The van der Waals surface area contributed by atoms with Gasteiger partial charge in [0.15, 0.2) is 0 Å². The number of aromatic nitrogens is 2. The molecule has 1 saturated heterocycles. The zero-order valence-electron chi connectivity index (χ0n) is 17.9. The quantitative estimate of drug-likeness (QED) is 0.654. The van der Waals surface area contributed by atoms with Crippen LogP contribution in [0.4, 0.5) is 5.69 Å². The van der Waals surface area contributed by atoms with Gasteiger partial charge in [0.05, 0.1) is 30.9 Å². The molecule has 6 nitrogen and oxygen atoms in total. The molecular weight excluding hydrogens is 364 g/mol. The second kappa shape index (κ2) is 9.74. The Labute approximate surface area is 173 Å². The van der Waals surface area contributed by atoms with Gasteiger partial charge in [0.25, 0.3) is 0 Å². The van der Waals surface area contributed by atoms with Gasteiger partial charge >= 0.3 is 0 Å². The lowest BCUT2D eigenvalue weighted by atomic mass is 10.0. The first-order valence-electron chi connectivity index (χ1n) is 10.4. The molecule has 1 aromatic heterocycles. The maximum absolute atomic E-state index is 12.9. The Kier molecular flexibility index (Phi) is 7.09. The van der Waals surface area contributed by atoms with Crippen LogP contribution >= 0.6 is 0 Å². The van der Waals surface area contributed by atoms with Gasteiger partial charge in [0.1, 0.15) is 5.75 Å². The Bertz CT molecular complexity index is 858. The van der Waals surface area contributed by atoms with Crippen LogP contribution in [0.1, 0.15) is 38.8 Å². The number of imidazole rings is 1. The molecule has 3 rings (SSSR count). The van der Waals surface area contributed by atoms with E-state index < -0.39 is 0 Å². The molecule has 1 fully saturated rings. The maximum Gasteiger partial charge on any atom is 0.244 e. The predicted octanol–water partition coefficient (Wildman–Crippen LogP) is 3.88. The third-order valence-corrected chi connectivity index (χ3v) is 5.44. The largest absolute Gasteiger partial charge is 0.494 e. The lowest BCUT2D eigenvalue weighted by Gasteiger charge is -2.20. The van der Waals surface area contributed by atoms with Crippen LogP contribution in [-0.4, -0.2) is 41.7 Å². The van der Waals surface area contributed by atoms with Gasteiger partial charge in [0.2, 0.25) is 5.91 Å². The van der Waals surface area contributed by atoms with Gasteiger partial charge in [-0.25, -0.2) is 4.98 Å². The highest BCUT2D eigenvalue weighted by Crippen LogP contribution is 2.31. The van der Waals surface area contributed by atoms with Gasteiger partial charge in [0, 0.05) is 24.5 Å². The topological polar surface area (TPSA) is 59.4 Å².